The summed E-state index contributed by atoms with van der Waals surface area (Å²) in [6, 6.07) is -7.41. The van der Waals surface area contributed by atoms with Gasteiger partial charge >= 0.3 is 53.1 Å². The molecule has 0 radical (unpaired) electrons. The summed E-state index contributed by atoms with van der Waals surface area (Å²) in [5.74, 6) is -45.7. The van der Waals surface area contributed by atoms with Crippen LogP contribution >= 0.6 is 0 Å². The molecule has 37 heavy (non-hydrogen) atoms. The second kappa shape index (κ2) is 8.93. The van der Waals surface area contributed by atoms with Gasteiger partial charge in [-0.05, 0) is 0 Å². The number of carbonyl (C=O) groups is 1. The third kappa shape index (κ3) is 4.53. The number of carboxylic acids is 1. The fraction of sp³-hybridized carbons (Fsp3) is 0.750. The summed E-state index contributed by atoms with van der Waals surface area (Å²) in [5.41, 5.74) is -4.10. The Bertz CT molecular complexity index is 1040. The van der Waals surface area contributed by atoms with Gasteiger partial charge in [-0.25, -0.2) is 13.2 Å². The molecule has 0 bridgehead atoms. The number of hydrogen-bond donors (Lipinski definition) is 1. The molecule has 0 unspecified atom stereocenters. The summed E-state index contributed by atoms with van der Waals surface area (Å²) in [7, 11) is -10.3. The monoisotopic (exact) mass is 619 g/mol. The van der Waals surface area contributed by atoms with E-state index in [1.807, 2.05) is 0 Å². The molecule has 25 heteroatoms. The van der Waals surface area contributed by atoms with Crippen LogP contribution in [0.3, 0.4) is 0 Å². The van der Waals surface area contributed by atoms with Crippen LogP contribution in [-0.4, -0.2) is 77.9 Å². The van der Waals surface area contributed by atoms with Crippen LogP contribution in [0.15, 0.2) is 11.7 Å². The maximum absolute atomic E-state index is 13.8. The molecule has 0 aromatic rings. The molecule has 0 aromatic heterocycles. The highest BCUT2D eigenvalue weighted by Gasteiger charge is 2.93. The van der Waals surface area contributed by atoms with E-state index in [0.717, 1.165) is 0 Å². The van der Waals surface area contributed by atoms with Gasteiger partial charge in [-0.1, -0.05) is 0 Å². The maximum Gasteiger partial charge on any atom is 0.460 e. The summed E-state index contributed by atoms with van der Waals surface area (Å²) in [4.78, 5) is 10.3. The number of nitrogens with zero attached hydrogens (tertiary/aromatic N) is 1. The van der Waals surface area contributed by atoms with Gasteiger partial charge < -0.3 is 5.11 Å². The minimum atomic E-state index is -8.86. The molecule has 0 atom stereocenters. The fourth-order valence-corrected chi connectivity index (χ4v) is 3.13. The van der Waals surface area contributed by atoms with Crippen molar-refractivity contribution in [2.24, 2.45) is 0 Å². The minimum Gasteiger partial charge on any atom is -0.478 e. The SMILES string of the molecule is CN(C(F)(F)C(F)(F)C(C(=O)O)=C(F)F)S(=O)(=O)C(F)(F)C(F)(F)C(F)(F)C(F)(F)C(F)(F)C(F)(F)F. The van der Waals surface area contributed by atoms with Crippen molar-refractivity contribution in [2.75, 3.05) is 7.05 Å². The van der Waals surface area contributed by atoms with E-state index in [4.69, 9.17) is 5.11 Å². The molecule has 0 spiro atoms. The highest BCUT2D eigenvalue weighted by Crippen LogP contribution is 2.61. The van der Waals surface area contributed by atoms with Crippen LogP contribution in [0.1, 0.15) is 0 Å². The molecule has 0 aliphatic rings. The number of alkyl halides is 17. The zero-order valence-electron chi connectivity index (χ0n) is 16.2. The van der Waals surface area contributed by atoms with Crippen molar-refractivity contribution in [3.63, 3.8) is 0 Å². The van der Waals surface area contributed by atoms with Crippen LogP contribution in [0.25, 0.3) is 0 Å². The number of hydrogen-bond acceptors (Lipinski definition) is 3. The molecular formula is C12H4F19NO4S. The van der Waals surface area contributed by atoms with Crippen LogP contribution in [0.5, 0.6) is 0 Å². The number of rotatable bonds is 10. The third-order valence-corrected chi connectivity index (χ3v) is 5.93. The van der Waals surface area contributed by atoms with Crippen molar-refractivity contribution >= 4 is 16.0 Å². The number of carboxylic acid groups (broad SMARTS) is 1. The van der Waals surface area contributed by atoms with Crippen molar-refractivity contribution in [3.8, 4) is 0 Å². The van der Waals surface area contributed by atoms with Gasteiger partial charge in [0.05, 0.1) is 0 Å². The number of sulfonamides is 1. The molecule has 0 heterocycles. The predicted molar refractivity (Wildman–Crippen MR) is 74.2 cm³/mol. The van der Waals surface area contributed by atoms with E-state index in [1.54, 1.807) is 0 Å². The second-order valence-electron chi connectivity index (χ2n) is 6.34. The van der Waals surface area contributed by atoms with Crippen LogP contribution in [0.4, 0.5) is 83.4 Å². The second-order valence-corrected chi connectivity index (χ2v) is 8.35. The lowest BCUT2D eigenvalue weighted by Crippen LogP contribution is -2.72. The normalized spacial score (nSPS) is 15.7. The molecule has 0 saturated carbocycles. The van der Waals surface area contributed by atoms with Crippen molar-refractivity contribution in [1.29, 1.82) is 0 Å². The Kier molecular flexibility index (Phi) is 8.39. The standard InChI is InChI=1S/C12H4F19NO4S/c1-32(11(28,29)5(15,16)2(3(13)14)4(33)34)37(35,36)12(30,31)9(23,24)7(19,20)6(17,18)8(21,22)10(25,26)27/h1H3,(H,33,34). The molecule has 0 amide bonds. The first-order valence-corrected chi connectivity index (χ1v) is 9.10. The summed E-state index contributed by atoms with van der Waals surface area (Å²) in [6.07, 6.45) is -12.2. The molecule has 220 valence electrons. The molecule has 0 rings (SSSR count). The Balaban J connectivity index is 7.15. The van der Waals surface area contributed by atoms with Crippen molar-refractivity contribution in [3.05, 3.63) is 11.7 Å². The summed E-state index contributed by atoms with van der Waals surface area (Å²) in [5, 5.41) is -0.319. The van der Waals surface area contributed by atoms with E-state index < -0.39 is 86.1 Å². The summed E-state index contributed by atoms with van der Waals surface area (Å²) >= 11 is 0. The Morgan fingerprint density at radius 1 is 0.649 bits per heavy atom. The van der Waals surface area contributed by atoms with Gasteiger partial charge in [0, 0.05) is 7.05 Å². The Morgan fingerprint density at radius 3 is 1.24 bits per heavy atom. The van der Waals surface area contributed by atoms with Gasteiger partial charge in [0.1, 0.15) is 0 Å². The van der Waals surface area contributed by atoms with E-state index in [0.29, 0.717) is 0 Å². The van der Waals surface area contributed by atoms with Gasteiger partial charge in [0.25, 0.3) is 16.1 Å². The zero-order chi connectivity index (χ0) is 30.8. The van der Waals surface area contributed by atoms with Gasteiger partial charge in [0.2, 0.25) is 0 Å². The van der Waals surface area contributed by atoms with Crippen LogP contribution in [-0.2, 0) is 14.8 Å². The van der Waals surface area contributed by atoms with Crippen LogP contribution in [0, 0.1) is 0 Å². The lowest BCUT2D eigenvalue weighted by Gasteiger charge is -2.41. The number of halogens is 19. The molecule has 0 saturated heterocycles. The Hall–Kier alpha value is -2.21. The van der Waals surface area contributed by atoms with Gasteiger partial charge in [-0.3, -0.25) is 0 Å². The third-order valence-electron chi connectivity index (χ3n) is 4.08. The summed E-state index contributed by atoms with van der Waals surface area (Å²) in [6.45, 7) is 0. The maximum atomic E-state index is 13.8. The quantitative estimate of drug-likeness (QED) is 0.202. The lowest BCUT2D eigenvalue weighted by atomic mass is 9.98. The van der Waals surface area contributed by atoms with Gasteiger partial charge in [-0.2, -0.15) is 83.4 Å². The number of aliphatic carboxylic acids is 1. The van der Waals surface area contributed by atoms with E-state index in [-0.39, 0.29) is 0 Å². The van der Waals surface area contributed by atoms with Crippen molar-refractivity contribution < 1.29 is 102 Å². The molecule has 0 aromatic carbocycles. The molecule has 1 N–H and O–H groups in total. The van der Waals surface area contributed by atoms with E-state index in [9.17, 15) is 96.6 Å². The van der Waals surface area contributed by atoms with Crippen molar-refractivity contribution in [1.82, 2.24) is 4.31 Å². The average Bonchev–Trinajstić information content (AvgIpc) is 2.64. The van der Waals surface area contributed by atoms with Crippen LogP contribution in [0.2, 0.25) is 0 Å². The minimum absolute atomic E-state index is 1.44. The lowest BCUT2D eigenvalue weighted by molar-refractivity contribution is -0.433. The van der Waals surface area contributed by atoms with E-state index in [1.165, 1.54) is 0 Å². The highest BCUT2D eigenvalue weighted by molar-refractivity contribution is 7.90. The first kappa shape index (κ1) is 34.8. The first-order valence-electron chi connectivity index (χ1n) is 7.66. The summed E-state index contributed by atoms with van der Waals surface area (Å²) < 4.78 is 269. The topological polar surface area (TPSA) is 74.7 Å². The van der Waals surface area contributed by atoms with E-state index in [2.05, 4.69) is 0 Å². The average molecular weight is 619 g/mol. The molecule has 0 aliphatic heterocycles. The Morgan fingerprint density at radius 2 is 0.973 bits per heavy atom. The highest BCUT2D eigenvalue weighted by atomic mass is 32.2. The molecule has 0 fully saturated rings. The first-order chi connectivity index (χ1) is 15.7. The molecule has 5 nitrogen and oxygen atoms in total. The Labute approximate surface area is 189 Å². The molecular weight excluding hydrogens is 615 g/mol. The van der Waals surface area contributed by atoms with Crippen molar-refractivity contribution in [2.45, 2.75) is 47.1 Å². The smallest absolute Gasteiger partial charge is 0.460 e. The van der Waals surface area contributed by atoms with E-state index >= 15 is 0 Å². The van der Waals surface area contributed by atoms with Gasteiger partial charge in [-0.15, -0.1) is 4.31 Å². The fourth-order valence-electron chi connectivity index (χ4n) is 1.92. The zero-order valence-corrected chi connectivity index (χ0v) is 17.0. The largest absolute Gasteiger partial charge is 0.478 e. The molecule has 0 aliphatic carbocycles. The van der Waals surface area contributed by atoms with Crippen LogP contribution < -0.4 is 0 Å². The van der Waals surface area contributed by atoms with Gasteiger partial charge in [0.15, 0.2) is 5.57 Å². The predicted octanol–water partition coefficient (Wildman–Crippen LogP) is 5.41.